The lowest BCUT2D eigenvalue weighted by Crippen LogP contribution is -2.30. The van der Waals surface area contributed by atoms with Crippen LogP contribution >= 0.6 is 0 Å². The van der Waals surface area contributed by atoms with Crippen molar-refractivity contribution in [2.75, 3.05) is 6.54 Å². The fourth-order valence-electron chi connectivity index (χ4n) is 2.67. The maximum absolute atomic E-state index is 11.7. The first kappa shape index (κ1) is 14.1. The fourth-order valence-corrected chi connectivity index (χ4v) is 2.67. The molecule has 1 saturated carbocycles. The number of amides is 1. The zero-order valence-electron chi connectivity index (χ0n) is 12.4. The minimum Gasteiger partial charge on any atom is -0.353 e. The van der Waals surface area contributed by atoms with Crippen molar-refractivity contribution in [2.24, 2.45) is 0 Å². The van der Waals surface area contributed by atoms with Crippen LogP contribution < -0.4 is 10.6 Å². The van der Waals surface area contributed by atoms with Crippen LogP contribution in [0.15, 0.2) is 42.5 Å². The Morgan fingerprint density at radius 3 is 2.76 bits per heavy atom. The maximum atomic E-state index is 11.7. The van der Waals surface area contributed by atoms with Gasteiger partial charge in [-0.3, -0.25) is 4.79 Å². The lowest BCUT2D eigenvalue weighted by molar-refractivity contribution is -0.121. The predicted molar refractivity (Wildman–Crippen MR) is 86.1 cm³/mol. The summed E-state index contributed by atoms with van der Waals surface area (Å²) in [5.74, 6) is 0.162. The smallest absolute Gasteiger partial charge is 0.221 e. The van der Waals surface area contributed by atoms with E-state index >= 15 is 0 Å². The highest BCUT2D eigenvalue weighted by molar-refractivity contribution is 5.86. The molecule has 2 aromatic carbocycles. The number of fused-ring (bicyclic) bond motifs is 1. The SMILES string of the molecule is CC(NCCC(=O)NC1CC1)c1cccc2ccccc12. The van der Waals surface area contributed by atoms with E-state index in [-0.39, 0.29) is 11.9 Å². The molecule has 0 heterocycles. The monoisotopic (exact) mass is 282 g/mol. The van der Waals surface area contributed by atoms with Crippen molar-refractivity contribution in [1.29, 1.82) is 0 Å². The third-order valence-corrected chi connectivity index (χ3v) is 4.03. The van der Waals surface area contributed by atoms with Gasteiger partial charge in [0.05, 0.1) is 0 Å². The van der Waals surface area contributed by atoms with Crippen LogP contribution in [-0.2, 0) is 4.79 Å². The molecule has 0 saturated heterocycles. The Balaban J connectivity index is 1.58. The fraction of sp³-hybridized carbons (Fsp3) is 0.389. The van der Waals surface area contributed by atoms with Gasteiger partial charge in [0, 0.05) is 25.0 Å². The highest BCUT2D eigenvalue weighted by Crippen LogP contribution is 2.24. The van der Waals surface area contributed by atoms with E-state index in [2.05, 4.69) is 60.0 Å². The number of hydrogen-bond donors (Lipinski definition) is 2. The standard InChI is InChI=1S/C18H22N2O/c1-13(19-12-11-18(21)20-15-9-10-15)16-8-4-6-14-5-2-3-7-17(14)16/h2-8,13,15,19H,9-12H2,1H3,(H,20,21). The molecule has 2 aromatic rings. The quantitative estimate of drug-likeness (QED) is 0.854. The molecule has 1 fully saturated rings. The first-order valence-corrected chi connectivity index (χ1v) is 7.74. The van der Waals surface area contributed by atoms with Gasteiger partial charge in [-0.25, -0.2) is 0 Å². The molecule has 3 rings (SSSR count). The van der Waals surface area contributed by atoms with Crippen LogP contribution in [0, 0.1) is 0 Å². The second kappa shape index (κ2) is 6.27. The molecule has 1 aliphatic carbocycles. The average molecular weight is 282 g/mol. The molecule has 0 aromatic heterocycles. The summed E-state index contributed by atoms with van der Waals surface area (Å²) < 4.78 is 0. The largest absolute Gasteiger partial charge is 0.353 e. The Morgan fingerprint density at radius 1 is 1.19 bits per heavy atom. The molecule has 1 amide bonds. The van der Waals surface area contributed by atoms with E-state index < -0.39 is 0 Å². The van der Waals surface area contributed by atoms with Crippen molar-refractivity contribution in [3.05, 3.63) is 48.0 Å². The second-order valence-electron chi connectivity index (χ2n) is 5.84. The first-order valence-electron chi connectivity index (χ1n) is 7.74. The highest BCUT2D eigenvalue weighted by Gasteiger charge is 2.22. The topological polar surface area (TPSA) is 41.1 Å². The third-order valence-electron chi connectivity index (χ3n) is 4.03. The Labute approximate surface area is 125 Å². The van der Waals surface area contributed by atoms with E-state index in [0.717, 1.165) is 12.8 Å². The van der Waals surface area contributed by atoms with Gasteiger partial charge in [-0.15, -0.1) is 0 Å². The highest BCUT2D eigenvalue weighted by atomic mass is 16.1. The van der Waals surface area contributed by atoms with Gasteiger partial charge in [0.2, 0.25) is 5.91 Å². The molecule has 2 N–H and O–H groups in total. The van der Waals surface area contributed by atoms with E-state index in [1.807, 2.05) is 0 Å². The molecule has 0 radical (unpaired) electrons. The van der Waals surface area contributed by atoms with Crippen molar-refractivity contribution in [2.45, 2.75) is 38.3 Å². The summed E-state index contributed by atoms with van der Waals surface area (Å²) in [5, 5.41) is 9.01. The van der Waals surface area contributed by atoms with Crippen molar-refractivity contribution >= 4 is 16.7 Å². The molecule has 21 heavy (non-hydrogen) atoms. The van der Waals surface area contributed by atoms with Gasteiger partial charge >= 0.3 is 0 Å². The van der Waals surface area contributed by atoms with E-state index in [4.69, 9.17) is 0 Å². The lowest BCUT2D eigenvalue weighted by Gasteiger charge is -2.16. The van der Waals surface area contributed by atoms with Gasteiger partial charge in [0.15, 0.2) is 0 Å². The molecule has 0 aliphatic heterocycles. The number of benzene rings is 2. The van der Waals surface area contributed by atoms with Crippen molar-refractivity contribution in [1.82, 2.24) is 10.6 Å². The van der Waals surface area contributed by atoms with Crippen LogP contribution in [-0.4, -0.2) is 18.5 Å². The van der Waals surface area contributed by atoms with Crippen LogP contribution in [0.4, 0.5) is 0 Å². The molecule has 3 heteroatoms. The van der Waals surface area contributed by atoms with E-state index in [1.165, 1.54) is 16.3 Å². The molecule has 0 bridgehead atoms. The second-order valence-corrected chi connectivity index (χ2v) is 5.84. The van der Waals surface area contributed by atoms with Crippen LogP contribution in [0.5, 0.6) is 0 Å². The molecule has 1 atom stereocenters. The van der Waals surface area contributed by atoms with Crippen molar-refractivity contribution in [3.63, 3.8) is 0 Å². The Kier molecular flexibility index (Phi) is 4.20. The number of carbonyl (C=O) groups excluding carboxylic acids is 1. The molecule has 1 aliphatic rings. The third kappa shape index (κ3) is 3.61. The van der Waals surface area contributed by atoms with Gasteiger partial charge in [0.1, 0.15) is 0 Å². The first-order chi connectivity index (χ1) is 10.2. The number of rotatable bonds is 6. The number of hydrogen-bond acceptors (Lipinski definition) is 2. The Bertz CT molecular complexity index is 629. The number of carbonyl (C=O) groups is 1. The summed E-state index contributed by atoms with van der Waals surface area (Å²) in [6.45, 7) is 2.86. The van der Waals surface area contributed by atoms with E-state index in [9.17, 15) is 4.79 Å². The van der Waals surface area contributed by atoms with Crippen LogP contribution in [0.3, 0.4) is 0 Å². The molecule has 1 unspecified atom stereocenters. The van der Waals surface area contributed by atoms with Crippen molar-refractivity contribution in [3.8, 4) is 0 Å². The maximum Gasteiger partial charge on any atom is 0.221 e. The molecular formula is C18H22N2O. The van der Waals surface area contributed by atoms with Crippen LogP contribution in [0.2, 0.25) is 0 Å². The summed E-state index contributed by atoms with van der Waals surface area (Å²) in [5.41, 5.74) is 1.29. The van der Waals surface area contributed by atoms with E-state index in [0.29, 0.717) is 19.0 Å². The summed E-state index contributed by atoms with van der Waals surface area (Å²) in [6.07, 6.45) is 2.84. The Hall–Kier alpha value is -1.87. The van der Waals surface area contributed by atoms with Gasteiger partial charge in [-0.05, 0) is 36.1 Å². The minimum absolute atomic E-state index is 0.162. The molecule has 110 valence electrons. The van der Waals surface area contributed by atoms with Gasteiger partial charge in [-0.2, -0.15) is 0 Å². The van der Waals surface area contributed by atoms with Crippen molar-refractivity contribution < 1.29 is 4.79 Å². The number of nitrogens with one attached hydrogen (secondary N) is 2. The van der Waals surface area contributed by atoms with Gasteiger partial charge in [0.25, 0.3) is 0 Å². The lowest BCUT2D eigenvalue weighted by atomic mass is 10.00. The molecular weight excluding hydrogens is 260 g/mol. The molecule has 0 spiro atoms. The van der Waals surface area contributed by atoms with Gasteiger partial charge < -0.3 is 10.6 Å². The normalized spacial score (nSPS) is 15.9. The van der Waals surface area contributed by atoms with Crippen LogP contribution in [0.1, 0.15) is 37.8 Å². The average Bonchev–Trinajstić information content (AvgIpc) is 3.30. The zero-order chi connectivity index (χ0) is 14.7. The van der Waals surface area contributed by atoms with Crippen LogP contribution in [0.25, 0.3) is 10.8 Å². The predicted octanol–water partition coefficient (Wildman–Crippen LogP) is 3.16. The minimum atomic E-state index is 0.162. The van der Waals surface area contributed by atoms with Gasteiger partial charge in [-0.1, -0.05) is 42.5 Å². The van der Waals surface area contributed by atoms with E-state index in [1.54, 1.807) is 0 Å². The molecule has 3 nitrogen and oxygen atoms in total. The zero-order valence-corrected chi connectivity index (χ0v) is 12.4. The summed E-state index contributed by atoms with van der Waals surface area (Å²) in [6, 6.07) is 15.5. The summed E-state index contributed by atoms with van der Waals surface area (Å²) >= 11 is 0. The summed E-state index contributed by atoms with van der Waals surface area (Å²) in [4.78, 5) is 11.7. The summed E-state index contributed by atoms with van der Waals surface area (Å²) in [7, 11) is 0. The Morgan fingerprint density at radius 2 is 1.95 bits per heavy atom.